The number of fused-ring (bicyclic) bond motifs is 1. The molecule has 1 N–H and O–H groups in total. The largest absolute Gasteiger partial charge is 0.386 e. The van der Waals surface area contributed by atoms with Gasteiger partial charge < -0.3 is 5.11 Å². The molecule has 2 aromatic rings. The van der Waals surface area contributed by atoms with Crippen molar-refractivity contribution < 1.29 is 17.9 Å². The fraction of sp³-hybridized carbons (Fsp3) is 0.500. The molecule has 0 saturated heterocycles. The lowest BCUT2D eigenvalue weighted by Gasteiger charge is -2.19. The van der Waals surface area contributed by atoms with Crippen LogP contribution in [0.2, 0.25) is 0 Å². The van der Waals surface area contributed by atoms with Gasteiger partial charge in [-0.3, -0.25) is 4.68 Å². The number of sulfonamides is 1. The molecule has 26 heavy (non-hydrogen) atoms. The van der Waals surface area contributed by atoms with Gasteiger partial charge in [0.15, 0.2) is 0 Å². The second kappa shape index (κ2) is 6.75. The SMILES string of the molecule is O=S(=O)(Cc1ccc(F)cc1)N1CCCn2nc([C@@H](O)C3CC3)cc2C1. The van der Waals surface area contributed by atoms with Crippen LogP contribution in [0.4, 0.5) is 4.39 Å². The second-order valence-electron chi connectivity index (χ2n) is 7.14. The molecular formula is C18H22FN3O3S. The molecule has 1 aromatic heterocycles. The molecular weight excluding hydrogens is 357 g/mol. The minimum atomic E-state index is -3.52. The van der Waals surface area contributed by atoms with Crippen LogP contribution in [0.5, 0.6) is 0 Å². The van der Waals surface area contributed by atoms with Crippen LogP contribution in [-0.4, -0.2) is 34.2 Å². The maximum atomic E-state index is 13.0. The van der Waals surface area contributed by atoms with Crippen molar-refractivity contribution in [1.29, 1.82) is 0 Å². The summed E-state index contributed by atoms with van der Waals surface area (Å²) in [6.07, 6.45) is 2.14. The van der Waals surface area contributed by atoms with E-state index in [0.717, 1.165) is 18.5 Å². The first-order chi connectivity index (χ1) is 12.4. The molecule has 1 atom stereocenters. The smallest absolute Gasteiger partial charge is 0.218 e. The van der Waals surface area contributed by atoms with Crippen LogP contribution >= 0.6 is 0 Å². The lowest BCUT2D eigenvalue weighted by atomic mass is 10.1. The zero-order valence-electron chi connectivity index (χ0n) is 14.4. The Labute approximate surface area is 152 Å². The number of aryl methyl sites for hydroxylation is 1. The van der Waals surface area contributed by atoms with Crippen LogP contribution < -0.4 is 0 Å². The summed E-state index contributed by atoms with van der Waals surface area (Å²) in [5, 5.41) is 14.8. The van der Waals surface area contributed by atoms with E-state index in [2.05, 4.69) is 5.10 Å². The normalized spacial score (nSPS) is 19.8. The van der Waals surface area contributed by atoms with Gasteiger partial charge in [0.05, 0.1) is 23.7 Å². The van der Waals surface area contributed by atoms with Gasteiger partial charge in [-0.25, -0.2) is 12.8 Å². The van der Waals surface area contributed by atoms with Gasteiger partial charge in [0.25, 0.3) is 0 Å². The molecule has 1 saturated carbocycles. The monoisotopic (exact) mass is 379 g/mol. The minimum absolute atomic E-state index is 0.154. The van der Waals surface area contributed by atoms with Gasteiger partial charge in [0.2, 0.25) is 10.0 Å². The predicted molar refractivity (Wildman–Crippen MR) is 94.0 cm³/mol. The van der Waals surface area contributed by atoms with E-state index in [1.54, 1.807) is 0 Å². The highest BCUT2D eigenvalue weighted by Crippen LogP contribution is 2.40. The standard InChI is InChI=1S/C18H22FN3O3S/c19-15-6-2-13(3-7-15)12-26(24,25)21-8-1-9-22-16(11-21)10-17(20-22)18(23)14-4-5-14/h2-3,6-7,10,14,18,23H,1,4-5,8-9,11-12H2/t18-/m0/s1. The molecule has 0 spiro atoms. The van der Waals surface area contributed by atoms with Crippen LogP contribution in [0.25, 0.3) is 0 Å². The number of hydrogen-bond donors (Lipinski definition) is 1. The number of aliphatic hydroxyl groups is 1. The second-order valence-corrected chi connectivity index (χ2v) is 9.10. The van der Waals surface area contributed by atoms with E-state index in [1.807, 2.05) is 10.7 Å². The van der Waals surface area contributed by atoms with Crippen LogP contribution in [0.1, 0.15) is 42.3 Å². The lowest BCUT2D eigenvalue weighted by Crippen LogP contribution is -2.31. The molecule has 2 heterocycles. The summed E-state index contributed by atoms with van der Waals surface area (Å²) < 4.78 is 41.9. The first-order valence-corrected chi connectivity index (χ1v) is 10.5. The first-order valence-electron chi connectivity index (χ1n) is 8.89. The van der Waals surface area contributed by atoms with E-state index in [4.69, 9.17) is 0 Å². The highest BCUT2D eigenvalue weighted by atomic mass is 32.2. The number of nitrogens with zero attached hydrogens (tertiary/aromatic N) is 3. The van der Waals surface area contributed by atoms with Gasteiger partial charge in [-0.1, -0.05) is 12.1 Å². The maximum Gasteiger partial charge on any atom is 0.218 e. The molecule has 1 aliphatic carbocycles. The summed E-state index contributed by atoms with van der Waals surface area (Å²) in [6.45, 7) is 1.30. The maximum absolute atomic E-state index is 13.0. The van der Waals surface area contributed by atoms with E-state index in [-0.39, 0.29) is 24.0 Å². The molecule has 2 aliphatic rings. The van der Waals surface area contributed by atoms with Crippen molar-refractivity contribution in [3.8, 4) is 0 Å². The van der Waals surface area contributed by atoms with Crippen molar-refractivity contribution in [2.75, 3.05) is 6.54 Å². The average molecular weight is 379 g/mol. The van der Waals surface area contributed by atoms with E-state index in [0.29, 0.717) is 30.8 Å². The number of aromatic nitrogens is 2. The third kappa shape index (κ3) is 3.67. The Balaban J connectivity index is 1.53. The number of halogens is 1. The molecule has 1 aromatic carbocycles. The third-order valence-corrected chi connectivity index (χ3v) is 6.82. The molecule has 1 aliphatic heterocycles. The zero-order valence-corrected chi connectivity index (χ0v) is 15.2. The van der Waals surface area contributed by atoms with E-state index in [1.165, 1.54) is 28.6 Å². The van der Waals surface area contributed by atoms with Crippen LogP contribution in [0.3, 0.4) is 0 Å². The number of benzene rings is 1. The highest BCUT2D eigenvalue weighted by Gasteiger charge is 2.34. The molecule has 140 valence electrons. The molecule has 4 rings (SSSR count). The molecule has 6 nitrogen and oxygen atoms in total. The van der Waals surface area contributed by atoms with Crippen LogP contribution in [0.15, 0.2) is 30.3 Å². The van der Waals surface area contributed by atoms with E-state index < -0.39 is 16.1 Å². The fourth-order valence-corrected chi connectivity index (χ4v) is 4.91. The first kappa shape index (κ1) is 17.6. The van der Waals surface area contributed by atoms with Crippen molar-refractivity contribution in [3.63, 3.8) is 0 Å². The molecule has 1 fully saturated rings. The molecule has 0 bridgehead atoms. The van der Waals surface area contributed by atoms with Gasteiger partial charge in [0, 0.05) is 13.1 Å². The van der Waals surface area contributed by atoms with E-state index >= 15 is 0 Å². The lowest BCUT2D eigenvalue weighted by molar-refractivity contribution is 0.148. The predicted octanol–water partition coefficient (Wildman–Crippen LogP) is 2.20. The topological polar surface area (TPSA) is 75.4 Å². The zero-order chi connectivity index (χ0) is 18.3. The van der Waals surface area contributed by atoms with Crippen molar-refractivity contribution in [2.45, 2.75) is 44.2 Å². The van der Waals surface area contributed by atoms with Crippen molar-refractivity contribution in [2.24, 2.45) is 5.92 Å². The molecule has 0 unspecified atom stereocenters. The number of aliphatic hydroxyl groups excluding tert-OH is 1. The van der Waals surface area contributed by atoms with Crippen molar-refractivity contribution in [1.82, 2.24) is 14.1 Å². The Bertz CT molecular complexity index is 891. The Kier molecular flexibility index (Phi) is 4.58. The summed E-state index contributed by atoms with van der Waals surface area (Å²) in [5.74, 6) is -0.252. The van der Waals surface area contributed by atoms with Crippen LogP contribution in [0, 0.1) is 11.7 Å². The Morgan fingerprint density at radius 3 is 2.65 bits per heavy atom. The minimum Gasteiger partial charge on any atom is -0.386 e. The molecule has 0 radical (unpaired) electrons. The average Bonchev–Trinajstić information content (AvgIpc) is 3.40. The number of rotatable bonds is 5. The van der Waals surface area contributed by atoms with Gasteiger partial charge in [-0.15, -0.1) is 0 Å². The van der Waals surface area contributed by atoms with Gasteiger partial charge >= 0.3 is 0 Å². The highest BCUT2D eigenvalue weighted by molar-refractivity contribution is 7.88. The Hall–Kier alpha value is -1.77. The van der Waals surface area contributed by atoms with Crippen LogP contribution in [-0.2, 0) is 28.9 Å². The van der Waals surface area contributed by atoms with Gasteiger partial charge in [-0.05, 0) is 48.9 Å². The summed E-state index contributed by atoms with van der Waals surface area (Å²) >= 11 is 0. The third-order valence-electron chi connectivity index (χ3n) is 5.03. The summed E-state index contributed by atoms with van der Waals surface area (Å²) in [5.41, 5.74) is 2.01. The van der Waals surface area contributed by atoms with Crippen molar-refractivity contribution >= 4 is 10.0 Å². The van der Waals surface area contributed by atoms with Gasteiger partial charge in [-0.2, -0.15) is 9.40 Å². The fourth-order valence-electron chi connectivity index (χ4n) is 3.37. The Morgan fingerprint density at radius 1 is 1.23 bits per heavy atom. The summed E-state index contributed by atoms with van der Waals surface area (Å²) in [7, 11) is -3.52. The van der Waals surface area contributed by atoms with Crippen molar-refractivity contribution in [3.05, 3.63) is 53.1 Å². The van der Waals surface area contributed by atoms with Gasteiger partial charge in [0.1, 0.15) is 11.9 Å². The molecule has 8 heteroatoms. The Morgan fingerprint density at radius 2 is 1.96 bits per heavy atom. The quantitative estimate of drug-likeness (QED) is 0.864. The summed E-state index contributed by atoms with van der Waals surface area (Å²) in [4.78, 5) is 0. The summed E-state index contributed by atoms with van der Waals surface area (Å²) in [6, 6.07) is 7.37. The number of hydrogen-bond acceptors (Lipinski definition) is 4. The molecule has 0 amide bonds. The van der Waals surface area contributed by atoms with E-state index in [9.17, 15) is 17.9 Å².